The van der Waals surface area contributed by atoms with Gasteiger partial charge in [0.15, 0.2) is 15.7 Å². The minimum Gasteiger partial charge on any atom is -0.398 e. The average Bonchev–Trinajstić information content (AvgIpc) is 2.99. The first-order valence-corrected chi connectivity index (χ1v) is 8.66. The zero-order chi connectivity index (χ0) is 15.0. The molecule has 0 radical (unpaired) electrons. The van der Waals surface area contributed by atoms with Crippen LogP contribution in [-0.2, 0) is 16.4 Å². The number of rotatable bonds is 3. The molecular formula is C12H14ClN5O2S. The molecule has 1 aliphatic heterocycles. The molecule has 2 N–H and O–H groups in total. The molecule has 1 aromatic heterocycles. The lowest BCUT2D eigenvalue weighted by Crippen LogP contribution is -2.15. The summed E-state index contributed by atoms with van der Waals surface area (Å²) in [5.74, 6) is 0.933. The molecule has 1 fully saturated rings. The highest BCUT2D eigenvalue weighted by Crippen LogP contribution is 2.28. The summed E-state index contributed by atoms with van der Waals surface area (Å²) in [5, 5.41) is 12.1. The van der Waals surface area contributed by atoms with Crippen molar-refractivity contribution >= 4 is 27.1 Å². The zero-order valence-corrected chi connectivity index (χ0v) is 12.7. The SMILES string of the molecule is Nc1ccc(Cl)cc1-c1nnnn1CC1CCS(=O)(=O)C1. The lowest BCUT2D eigenvalue weighted by atomic mass is 10.1. The third-order valence-corrected chi connectivity index (χ3v) is 5.62. The number of benzene rings is 1. The van der Waals surface area contributed by atoms with Crippen LogP contribution < -0.4 is 5.73 Å². The summed E-state index contributed by atoms with van der Waals surface area (Å²) < 4.78 is 24.6. The number of hydrogen-bond donors (Lipinski definition) is 1. The quantitative estimate of drug-likeness (QED) is 0.844. The van der Waals surface area contributed by atoms with Crippen LogP contribution in [0.5, 0.6) is 0 Å². The standard InChI is InChI=1S/C12H14ClN5O2S/c13-9-1-2-11(14)10(5-9)12-15-16-17-18(12)6-8-3-4-21(19,20)7-8/h1-2,5,8H,3-4,6-7,14H2. The Hall–Kier alpha value is -1.67. The Bertz CT molecular complexity index is 774. The molecule has 21 heavy (non-hydrogen) atoms. The highest BCUT2D eigenvalue weighted by molar-refractivity contribution is 7.91. The first kappa shape index (κ1) is 14.3. The predicted molar refractivity (Wildman–Crippen MR) is 79.4 cm³/mol. The van der Waals surface area contributed by atoms with E-state index in [2.05, 4.69) is 15.5 Å². The summed E-state index contributed by atoms with van der Waals surface area (Å²) in [7, 11) is -2.92. The number of nitrogens with two attached hydrogens (primary N) is 1. The highest BCUT2D eigenvalue weighted by atomic mass is 35.5. The van der Waals surface area contributed by atoms with Crippen molar-refractivity contribution in [1.29, 1.82) is 0 Å². The van der Waals surface area contributed by atoms with Crippen molar-refractivity contribution in [2.24, 2.45) is 5.92 Å². The van der Waals surface area contributed by atoms with Crippen LogP contribution in [0, 0.1) is 5.92 Å². The molecular weight excluding hydrogens is 314 g/mol. The lowest BCUT2D eigenvalue weighted by Gasteiger charge is -2.10. The number of hydrogen-bond acceptors (Lipinski definition) is 6. The van der Waals surface area contributed by atoms with Gasteiger partial charge in [-0.25, -0.2) is 13.1 Å². The van der Waals surface area contributed by atoms with Crippen LogP contribution in [0.3, 0.4) is 0 Å². The summed E-state index contributed by atoms with van der Waals surface area (Å²) in [6.45, 7) is 0.452. The van der Waals surface area contributed by atoms with Crippen LogP contribution in [0.15, 0.2) is 18.2 Å². The van der Waals surface area contributed by atoms with E-state index in [4.69, 9.17) is 17.3 Å². The number of aromatic nitrogens is 4. The van der Waals surface area contributed by atoms with Gasteiger partial charge in [-0.05, 0) is 41.0 Å². The van der Waals surface area contributed by atoms with E-state index in [1.165, 1.54) is 0 Å². The molecule has 0 bridgehead atoms. The molecule has 3 rings (SSSR count). The number of anilines is 1. The van der Waals surface area contributed by atoms with E-state index in [9.17, 15) is 8.42 Å². The maximum absolute atomic E-state index is 11.5. The van der Waals surface area contributed by atoms with Crippen LogP contribution in [0.25, 0.3) is 11.4 Å². The van der Waals surface area contributed by atoms with Gasteiger partial charge < -0.3 is 5.73 Å². The second kappa shape index (κ2) is 5.27. The van der Waals surface area contributed by atoms with Gasteiger partial charge in [-0.2, -0.15) is 0 Å². The monoisotopic (exact) mass is 327 g/mol. The Morgan fingerprint density at radius 1 is 1.43 bits per heavy atom. The fraction of sp³-hybridized carbons (Fsp3) is 0.417. The lowest BCUT2D eigenvalue weighted by molar-refractivity contribution is 0.452. The predicted octanol–water partition coefficient (Wildman–Crippen LogP) is 1.01. The van der Waals surface area contributed by atoms with E-state index in [0.717, 1.165) is 0 Å². The summed E-state index contributed by atoms with van der Waals surface area (Å²) in [6.07, 6.45) is 0.632. The number of tetrazole rings is 1. The van der Waals surface area contributed by atoms with Gasteiger partial charge in [0.25, 0.3) is 0 Å². The molecule has 1 saturated heterocycles. The fourth-order valence-electron chi connectivity index (χ4n) is 2.50. The molecule has 0 saturated carbocycles. The Balaban J connectivity index is 1.89. The summed E-state index contributed by atoms with van der Waals surface area (Å²) in [6, 6.07) is 5.08. The normalized spacial score (nSPS) is 20.7. The minimum absolute atomic E-state index is 0.0256. The van der Waals surface area contributed by atoms with Crippen molar-refractivity contribution < 1.29 is 8.42 Å². The molecule has 1 aromatic carbocycles. The van der Waals surface area contributed by atoms with Gasteiger partial charge in [0.05, 0.1) is 11.5 Å². The van der Waals surface area contributed by atoms with Crippen LogP contribution in [0.4, 0.5) is 5.69 Å². The maximum Gasteiger partial charge on any atom is 0.184 e. The summed E-state index contributed by atoms with van der Waals surface area (Å²) in [4.78, 5) is 0. The molecule has 1 atom stereocenters. The van der Waals surface area contributed by atoms with E-state index in [1.807, 2.05) is 0 Å². The van der Waals surface area contributed by atoms with Crippen molar-refractivity contribution in [3.63, 3.8) is 0 Å². The van der Waals surface area contributed by atoms with Crippen molar-refractivity contribution in [2.75, 3.05) is 17.2 Å². The molecule has 0 aliphatic carbocycles. The first-order chi connectivity index (χ1) is 9.94. The molecule has 112 valence electrons. The maximum atomic E-state index is 11.5. The van der Waals surface area contributed by atoms with E-state index in [-0.39, 0.29) is 17.4 Å². The largest absolute Gasteiger partial charge is 0.398 e. The van der Waals surface area contributed by atoms with Gasteiger partial charge in [0.2, 0.25) is 0 Å². The van der Waals surface area contributed by atoms with Crippen molar-refractivity contribution in [3.8, 4) is 11.4 Å². The zero-order valence-electron chi connectivity index (χ0n) is 11.1. The number of halogens is 1. The van der Waals surface area contributed by atoms with E-state index in [0.29, 0.717) is 35.1 Å². The Kier molecular flexibility index (Phi) is 3.58. The van der Waals surface area contributed by atoms with E-state index >= 15 is 0 Å². The third-order valence-electron chi connectivity index (χ3n) is 3.55. The molecule has 2 aromatic rings. The Morgan fingerprint density at radius 3 is 2.95 bits per heavy atom. The molecule has 0 spiro atoms. The topological polar surface area (TPSA) is 104 Å². The van der Waals surface area contributed by atoms with Gasteiger partial charge in [0.1, 0.15) is 0 Å². The van der Waals surface area contributed by atoms with E-state index in [1.54, 1.807) is 22.9 Å². The Morgan fingerprint density at radius 2 is 2.24 bits per heavy atom. The molecule has 9 heteroatoms. The summed E-state index contributed by atoms with van der Waals surface area (Å²) in [5.41, 5.74) is 7.11. The highest BCUT2D eigenvalue weighted by Gasteiger charge is 2.29. The van der Waals surface area contributed by atoms with Crippen LogP contribution in [0.1, 0.15) is 6.42 Å². The third kappa shape index (κ3) is 3.01. The van der Waals surface area contributed by atoms with Crippen molar-refractivity contribution in [3.05, 3.63) is 23.2 Å². The van der Waals surface area contributed by atoms with Crippen LogP contribution in [-0.4, -0.2) is 40.1 Å². The van der Waals surface area contributed by atoms with Gasteiger partial charge in [-0.15, -0.1) is 5.10 Å². The second-order valence-corrected chi connectivity index (χ2v) is 7.85. The van der Waals surface area contributed by atoms with Crippen molar-refractivity contribution in [1.82, 2.24) is 20.2 Å². The minimum atomic E-state index is -2.92. The molecule has 2 heterocycles. The fourth-order valence-corrected chi connectivity index (χ4v) is 4.52. The number of nitrogens with zero attached hydrogens (tertiary/aromatic N) is 4. The summed E-state index contributed by atoms with van der Waals surface area (Å²) >= 11 is 5.98. The van der Waals surface area contributed by atoms with Gasteiger partial charge in [0, 0.05) is 22.8 Å². The van der Waals surface area contributed by atoms with E-state index < -0.39 is 9.84 Å². The van der Waals surface area contributed by atoms with Gasteiger partial charge in [-0.1, -0.05) is 11.6 Å². The van der Waals surface area contributed by atoms with Crippen LogP contribution in [0.2, 0.25) is 5.02 Å². The number of sulfone groups is 1. The average molecular weight is 328 g/mol. The Labute approximate surface area is 127 Å². The van der Waals surface area contributed by atoms with Crippen molar-refractivity contribution in [2.45, 2.75) is 13.0 Å². The van der Waals surface area contributed by atoms with Crippen LogP contribution >= 0.6 is 11.6 Å². The number of nitrogen functional groups attached to an aromatic ring is 1. The molecule has 0 amide bonds. The second-order valence-electron chi connectivity index (χ2n) is 5.19. The first-order valence-electron chi connectivity index (χ1n) is 6.46. The molecule has 7 nitrogen and oxygen atoms in total. The van der Waals surface area contributed by atoms with Gasteiger partial charge in [-0.3, -0.25) is 0 Å². The molecule has 1 aliphatic rings. The smallest absolute Gasteiger partial charge is 0.184 e. The van der Waals surface area contributed by atoms with Gasteiger partial charge >= 0.3 is 0 Å². The molecule has 1 unspecified atom stereocenters.